The third kappa shape index (κ3) is 2.41. The van der Waals surface area contributed by atoms with Gasteiger partial charge in [0.15, 0.2) is 11.5 Å². The van der Waals surface area contributed by atoms with E-state index in [-0.39, 0.29) is 5.92 Å². The quantitative estimate of drug-likeness (QED) is 0.862. The molecule has 2 rings (SSSR count). The van der Waals surface area contributed by atoms with Crippen LogP contribution >= 0.6 is 15.9 Å². The van der Waals surface area contributed by atoms with Crippen LogP contribution in [0.3, 0.4) is 0 Å². The molecule has 0 saturated heterocycles. The molecule has 0 heterocycles. The largest absolute Gasteiger partial charge is 0.493 e. The molecule has 1 fully saturated rings. The molecule has 1 aliphatic carbocycles. The number of methoxy groups -OCH3 is 2. The molecule has 0 amide bonds. The highest BCUT2D eigenvalue weighted by Crippen LogP contribution is 2.52. The lowest BCUT2D eigenvalue weighted by atomic mass is 9.62. The van der Waals surface area contributed by atoms with Crippen molar-refractivity contribution in [3.05, 3.63) is 21.7 Å². The van der Waals surface area contributed by atoms with Gasteiger partial charge in [-0.15, -0.1) is 0 Å². The number of carboxylic acids is 1. The maximum atomic E-state index is 11.9. The number of carboxylic acid groups (broad SMARTS) is 1. The van der Waals surface area contributed by atoms with E-state index in [1.807, 2.05) is 6.07 Å². The summed E-state index contributed by atoms with van der Waals surface area (Å²) in [4.78, 5) is 11.9. The fraction of sp³-hybridized carbons (Fsp3) is 0.562. The van der Waals surface area contributed by atoms with Crippen molar-refractivity contribution in [1.82, 2.24) is 0 Å². The summed E-state index contributed by atoms with van der Waals surface area (Å²) in [6.45, 7) is 4.12. The van der Waals surface area contributed by atoms with E-state index < -0.39 is 11.4 Å². The van der Waals surface area contributed by atoms with Crippen molar-refractivity contribution in [2.24, 2.45) is 0 Å². The fourth-order valence-corrected chi connectivity index (χ4v) is 4.08. The van der Waals surface area contributed by atoms with E-state index >= 15 is 0 Å². The van der Waals surface area contributed by atoms with Gasteiger partial charge in [0.1, 0.15) is 0 Å². The zero-order valence-corrected chi connectivity index (χ0v) is 14.4. The highest BCUT2D eigenvalue weighted by Gasteiger charge is 2.48. The van der Waals surface area contributed by atoms with Gasteiger partial charge in [-0.05, 0) is 51.9 Å². The minimum Gasteiger partial charge on any atom is -0.493 e. The Kier molecular flexibility index (Phi) is 4.51. The summed E-state index contributed by atoms with van der Waals surface area (Å²) in [5, 5.41) is 9.74. The van der Waals surface area contributed by atoms with E-state index in [0.717, 1.165) is 22.0 Å². The van der Waals surface area contributed by atoms with Crippen molar-refractivity contribution in [2.75, 3.05) is 14.2 Å². The third-order valence-corrected chi connectivity index (χ3v) is 5.15. The van der Waals surface area contributed by atoms with Crippen LogP contribution in [0.15, 0.2) is 10.5 Å². The van der Waals surface area contributed by atoms with Gasteiger partial charge in [0, 0.05) is 0 Å². The zero-order chi connectivity index (χ0) is 15.8. The summed E-state index contributed by atoms with van der Waals surface area (Å²) in [6, 6.07) is 1.84. The zero-order valence-electron chi connectivity index (χ0n) is 12.8. The van der Waals surface area contributed by atoms with E-state index in [2.05, 4.69) is 29.8 Å². The van der Waals surface area contributed by atoms with Gasteiger partial charge in [-0.2, -0.15) is 0 Å². The predicted octanol–water partition coefficient (Wildman–Crippen LogP) is 4.10. The Balaban J connectivity index is 2.75. The predicted molar refractivity (Wildman–Crippen MR) is 84.5 cm³/mol. The standard InChI is InChI=1S/C16H21BrO4/c1-9(2)12-10(16(15(18)19)6-5-7-16)8-11(20-3)14(21-4)13(12)17/h8-9H,5-7H2,1-4H3,(H,18,19). The highest BCUT2D eigenvalue weighted by molar-refractivity contribution is 9.10. The lowest BCUT2D eigenvalue weighted by Gasteiger charge is -2.40. The number of halogens is 1. The second-order valence-corrected chi connectivity index (χ2v) is 6.58. The van der Waals surface area contributed by atoms with Crippen LogP contribution in [0, 0.1) is 0 Å². The van der Waals surface area contributed by atoms with Crippen molar-refractivity contribution in [1.29, 1.82) is 0 Å². The maximum Gasteiger partial charge on any atom is 0.314 e. The number of hydrogen-bond acceptors (Lipinski definition) is 3. The van der Waals surface area contributed by atoms with Gasteiger partial charge in [-0.1, -0.05) is 20.3 Å². The van der Waals surface area contributed by atoms with Gasteiger partial charge < -0.3 is 14.6 Å². The molecule has 1 aromatic rings. The summed E-state index contributed by atoms with van der Waals surface area (Å²) >= 11 is 3.58. The SMILES string of the molecule is COc1cc(C2(C(=O)O)CCC2)c(C(C)C)c(Br)c1OC. The minimum atomic E-state index is -0.790. The molecule has 0 bridgehead atoms. The molecule has 0 atom stereocenters. The summed E-state index contributed by atoms with van der Waals surface area (Å²) < 4.78 is 11.6. The Morgan fingerprint density at radius 1 is 1.33 bits per heavy atom. The monoisotopic (exact) mass is 356 g/mol. The average molecular weight is 357 g/mol. The van der Waals surface area contributed by atoms with E-state index in [0.29, 0.717) is 24.3 Å². The van der Waals surface area contributed by atoms with Crippen molar-refractivity contribution >= 4 is 21.9 Å². The number of ether oxygens (including phenoxy) is 2. The van der Waals surface area contributed by atoms with Gasteiger partial charge in [-0.3, -0.25) is 4.79 Å². The second-order valence-electron chi connectivity index (χ2n) is 5.78. The first kappa shape index (κ1) is 16.1. The van der Waals surface area contributed by atoms with Gasteiger partial charge >= 0.3 is 5.97 Å². The van der Waals surface area contributed by atoms with Gasteiger partial charge in [0.25, 0.3) is 0 Å². The number of hydrogen-bond donors (Lipinski definition) is 1. The molecule has 5 heteroatoms. The van der Waals surface area contributed by atoms with Crippen LogP contribution in [0.2, 0.25) is 0 Å². The van der Waals surface area contributed by atoms with Crippen LogP contribution in [0.5, 0.6) is 11.5 Å². The van der Waals surface area contributed by atoms with Gasteiger partial charge in [0.2, 0.25) is 0 Å². The first-order chi connectivity index (χ1) is 9.89. The fourth-order valence-electron chi connectivity index (χ4n) is 3.05. The molecule has 0 spiro atoms. The molecule has 116 valence electrons. The first-order valence-electron chi connectivity index (χ1n) is 7.07. The van der Waals surface area contributed by atoms with Crippen molar-refractivity contribution in [3.63, 3.8) is 0 Å². The molecule has 1 saturated carbocycles. The van der Waals surface area contributed by atoms with Crippen LogP contribution in [-0.2, 0) is 10.2 Å². The number of carbonyl (C=O) groups is 1. The molecule has 0 unspecified atom stereocenters. The topological polar surface area (TPSA) is 55.8 Å². The molecule has 1 N–H and O–H groups in total. The van der Waals surface area contributed by atoms with Crippen LogP contribution in [0.4, 0.5) is 0 Å². The molecule has 0 aromatic heterocycles. The van der Waals surface area contributed by atoms with Crippen molar-refractivity contribution in [2.45, 2.75) is 44.4 Å². The van der Waals surface area contributed by atoms with Crippen LogP contribution in [0.1, 0.15) is 50.2 Å². The minimum absolute atomic E-state index is 0.186. The Bertz CT molecular complexity index is 562. The van der Waals surface area contributed by atoms with E-state index in [4.69, 9.17) is 9.47 Å². The van der Waals surface area contributed by atoms with E-state index in [1.165, 1.54) is 0 Å². The van der Waals surface area contributed by atoms with E-state index in [1.54, 1.807) is 14.2 Å². The van der Waals surface area contributed by atoms with Crippen molar-refractivity contribution < 1.29 is 19.4 Å². The van der Waals surface area contributed by atoms with Crippen molar-refractivity contribution in [3.8, 4) is 11.5 Å². The Labute approximate surface area is 133 Å². The summed E-state index contributed by atoms with van der Waals surface area (Å²) in [5.41, 5.74) is 1.05. The molecule has 1 aliphatic rings. The number of rotatable bonds is 5. The second kappa shape index (κ2) is 5.87. The van der Waals surface area contributed by atoms with Gasteiger partial charge in [0.05, 0.1) is 24.1 Å². The lowest BCUT2D eigenvalue weighted by molar-refractivity contribution is -0.147. The van der Waals surface area contributed by atoms with Crippen LogP contribution in [-0.4, -0.2) is 25.3 Å². The molecule has 4 nitrogen and oxygen atoms in total. The molecule has 0 radical (unpaired) electrons. The summed E-state index contributed by atoms with van der Waals surface area (Å²) in [5.74, 6) is 0.613. The summed E-state index contributed by atoms with van der Waals surface area (Å²) in [6.07, 6.45) is 2.28. The third-order valence-electron chi connectivity index (χ3n) is 4.36. The molecular formula is C16H21BrO4. The van der Waals surface area contributed by atoms with Gasteiger partial charge in [-0.25, -0.2) is 0 Å². The maximum absolute atomic E-state index is 11.9. The molecular weight excluding hydrogens is 336 g/mol. The Morgan fingerprint density at radius 2 is 1.95 bits per heavy atom. The highest BCUT2D eigenvalue weighted by atomic mass is 79.9. The Morgan fingerprint density at radius 3 is 2.29 bits per heavy atom. The summed E-state index contributed by atoms with van der Waals surface area (Å²) in [7, 11) is 3.15. The Hall–Kier alpha value is -1.23. The smallest absolute Gasteiger partial charge is 0.314 e. The molecule has 21 heavy (non-hydrogen) atoms. The van der Waals surface area contributed by atoms with Crippen LogP contribution < -0.4 is 9.47 Å². The molecule has 1 aromatic carbocycles. The normalized spacial score (nSPS) is 16.5. The number of aliphatic carboxylic acids is 1. The lowest BCUT2D eigenvalue weighted by Crippen LogP contribution is -2.43. The average Bonchev–Trinajstić information content (AvgIpc) is 2.35. The van der Waals surface area contributed by atoms with E-state index in [9.17, 15) is 9.90 Å². The number of benzene rings is 1. The molecule has 0 aliphatic heterocycles. The first-order valence-corrected chi connectivity index (χ1v) is 7.86. The van der Waals surface area contributed by atoms with Crippen LogP contribution in [0.25, 0.3) is 0 Å².